The van der Waals surface area contributed by atoms with Gasteiger partial charge in [0.25, 0.3) is 0 Å². The van der Waals surface area contributed by atoms with Gasteiger partial charge >= 0.3 is 0 Å². The van der Waals surface area contributed by atoms with Crippen molar-refractivity contribution in [2.24, 2.45) is 5.41 Å². The maximum atomic E-state index is 12.4. The summed E-state index contributed by atoms with van der Waals surface area (Å²) >= 11 is 0. The Morgan fingerprint density at radius 3 is 2.63 bits per heavy atom. The molecule has 1 saturated carbocycles. The molecule has 1 amide bonds. The van der Waals surface area contributed by atoms with Crippen molar-refractivity contribution in [3.05, 3.63) is 24.3 Å². The van der Waals surface area contributed by atoms with Crippen LogP contribution in [0.15, 0.2) is 24.3 Å². The fourth-order valence-electron chi connectivity index (χ4n) is 2.53. The van der Waals surface area contributed by atoms with Crippen LogP contribution in [0.3, 0.4) is 0 Å². The zero-order chi connectivity index (χ0) is 13.7. The highest BCUT2D eigenvalue weighted by molar-refractivity contribution is 5.98. The number of methoxy groups -OCH3 is 1. The predicted octanol–water partition coefficient (Wildman–Crippen LogP) is 3.11. The van der Waals surface area contributed by atoms with Crippen molar-refractivity contribution < 1.29 is 9.53 Å². The van der Waals surface area contributed by atoms with E-state index in [2.05, 4.69) is 11.4 Å². The van der Waals surface area contributed by atoms with Crippen molar-refractivity contribution in [1.82, 2.24) is 0 Å². The van der Waals surface area contributed by atoms with Crippen molar-refractivity contribution in [2.75, 3.05) is 12.4 Å². The first-order valence-corrected chi connectivity index (χ1v) is 6.57. The molecular weight excluding hydrogens is 240 g/mol. The number of benzene rings is 1. The van der Waals surface area contributed by atoms with Crippen LogP contribution in [0.2, 0.25) is 0 Å². The molecule has 0 unspecified atom stereocenters. The van der Waals surface area contributed by atoms with Gasteiger partial charge < -0.3 is 10.1 Å². The summed E-state index contributed by atoms with van der Waals surface area (Å²) < 4.78 is 5.20. The van der Waals surface area contributed by atoms with Gasteiger partial charge in [-0.1, -0.05) is 31.4 Å². The largest absolute Gasteiger partial charge is 0.495 e. The van der Waals surface area contributed by atoms with Crippen LogP contribution in [-0.4, -0.2) is 13.0 Å². The first kappa shape index (κ1) is 13.4. The second-order valence-electron chi connectivity index (χ2n) is 4.91. The van der Waals surface area contributed by atoms with Crippen molar-refractivity contribution in [2.45, 2.75) is 32.1 Å². The summed E-state index contributed by atoms with van der Waals surface area (Å²) in [5.41, 5.74) is -0.255. The Morgan fingerprint density at radius 1 is 1.32 bits per heavy atom. The quantitative estimate of drug-likeness (QED) is 0.906. The van der Waals surface area contributed by atoms with Crippen LogP contribution >= 0.6 is 0 Å². The third-order valence-electron chi connectivity index (χ3n) is 3.71. The molecule has 19 heavy (non-hydrogen) atoms. The summed E-state index contributed by atoms with van der Waals surface area (Å²) in [5, 5.41) is 12.2. The van der Waals surface area contributed by atoms with Crippen LogP contribution in [0.1, 0.15) is 32.1 Å². The predicted molar refractivity (Wildman–Crippen MR) is 72.8 cm³/mol. The topological polar surface area (TPSA) is 62.1 Å². The van der Waals surface area contributed by atoms with E-state index in [9.17, 15) is 10.1 Å². The van der Waals surface area contributed by atoms with Gasteiger partial charge in [0.05, 0.1) is 18.9 Å². The molecule has 1 aromatic carbocycles. The number of anilines is 1. The molecule has 2 rings (SSSR count). The lowest BCUT2D eigenvalue weighted by Gasteiger charge is -2.29. The number of hydrogen-bond acceptors (Lipinski definition) is 3. The first-order chi connectivity index (χ1) is 9.22. The van der Waals surface area contributed by atoms with Gasteiger partial charge in [-0.05, 0) is 25.0 Å². The fourth-order valence-corrected chi connectivity index (χ4v) is 2.53. The smallest absolute Gasteiger partial charge is 0.244 e. The number of carbonyl (C=O) groups excluding carboxylic acids is 1. The molecule has 1 aliphatic rings. The fraction of sp³-hybridized carbons (Fsp3) is 0.467. The Hall–Kier alpha value is -2.02. The number of nitrogens with zero attached hydrogens (tertiary/aromatic N) is 1. The van der Waals surface area contributed by atoms with Crippen molar-refractivity contribution in [3.8, 4) is 11.8 Å². The van der Waals surface area contributed by atoms with Crippen molar-refractivity contribution in [3.63, 3.8) is 0 Å². The molecular formula is C15H18N2O2. The third kappa shape index (κ3) is 2.70. The van der Waals surface area contributed by atoms with Crippen molar-refractivity contribution >= 4 is 11.6 Å². The van der Waals surface area contributed by atoms with E-state index < -0.39 is 5.41 Å². The number of rotatable bonds is 3. The molecule has 0 heterocycles. The lowest BCUT2D eigenvalue weighted by atomic mass is 9.74. The summed E-state index contributed by atoms with van der Waals surface area (Å²) in [6.45, 7) is 0. The van der Waals surface area contributed by atoms with Crippen LogP contribution in [-0.2, 0) is 4.79 Å². The van der Waals surface area contributed by atoms with Gasteiger partial charge in [-0.15, -0.1) is 0 Å². The van der Waals surface area contributed by atoms with Crippen LogP contribution in [0.5, 0.6) is 5.75 Å². The standard InChI is InChI=1S/C15H18N2O2/c1-19-13-8-4-3-7-12(13)17-14(18)15(11-16)9-5-2-6-10-15/h3-4,7-8H,2,5-6,9-10H2,1H3,(H,17,18). The highest BCUT2D eigenvalue weighted by Gasteiger charge is 2.40. The number of ether oxygens (including phenoxy) is 1. The minimum absolute atomic E-state index is 0.209. The maximum absolute atomic E-state index is 12.4. The molecule has 0 aromatic heterocycles. The molecule has 1 fully saturated rings. The molecule has 0 bridgehead atoms. The highest BCUT2D eigenvalue weighted by atomic mass is 16.5. The Kier molecular flexibility index (Phi) is 4.06. The number of para-hydroxylation sites is 2. The van der Waals surface area contributed by atoms with E-state index in [-0.39, 0.29) is 5.91 Å². The number of nitriles is 1. The van der Waals surface area contributed by atoms with Gasteiger partial charge in [-0.2, -0.15) is 5.26 Å². The van der Waals surface area contributed by atoms with Gasteiger partial charge in [0, 0.05) is 0 Å². The van der Waals surface area contributed by atoms with Gasteiger partial charge in [0.15, 0.2) is 0 Å². The van der Waals surface area contributed by atoms with Gasteiger partial charge in [0.2, 0.25) is 5.91 Å². The average Bonchev–Trinajstić information content (AvgIpc) is 2.48. The van der Waals surface area contributed by atoms with Crippen LogP contribution < -0.4 is 10.1 Å². The van der Waals surface area contributed by atoms with Gasteiger partial charge in [-0.3, -0.25) is 4.79 Å². The second kappa shape index (κ2) is 5.75. The normalized spacial score (nSPS) is 17.3. The average molecular weight is 258 g/mol. The summed E-state index contributed by atoms with van der Waals surface area (Å²) in [6.07, 6.45) is 4.26. The zero-order valence-electron chi connectivity index (χ0n) is 11.1. The highest BCUT2D eigenvalue weighted by Crippen LogP contribution is 2.37. The molecule has 1 N–H and O–H groups in total. The summed E-state index contributed by atoms with van der Waals surface area (Å²) in [7, 11) is 1.56. The molecule has 100 valence electrons. The minimum atomic E-state index is -0.876. The first-order valence-electron chi connectivity index (χ1n) is 6.57. The van der Waals surface area contributed by atoms with E-state index in [1.165, 1.54) is 0 Å². The van der Waals surface area contributed by atoms with Crippen LogP contribution in [0.4, 0.5) is 5.69 Å². The lowest BCUT2D eigenvalue weighted by Crippen LogP contribution is -2.36. The van der Waals surface area contributed by atoms with E-state index in [0.717, 1.165) is 19.3 Å². The number of carbonyl (C=O) groups is 1. The molecule has 0 aliphatic heterocycles. The molecule has 4 heteroatoms. The Morgan fingerprint density at radius 2 is 2.00 bits per heavy atom. The Labute approximate surface area is 113 Å². The molecule has 0 atom stereocenters. The second-order valence-corrected chi connectivity index (χ2v) is 4.91. The minimum Gasteiger partial charge on any atom is -0.495 e. The number of nitrogens with one attached hydrogen (secondary N) is 1. The number of hydrogen-bond donors (Lipinski definition) is 1. The van der Waals surface area contributed by atoms with Gasteiger partial charge in [-0.25, -0.2) is 0 Å². The Balaban J connectivity index is 2.18. The van der Waals surface area contributed by atoms with Crippen molar-refractivity contribution in [1.29, 1.82) is 5.26 Å². The third-order valence-corrected chi connectivity index (χ3v) is 3.71. The summed E-state index contributed by atoms with van der Waals surface area (Å²) in [5.74, 6) is 0.402. The summed E-state index contributed by atoms with van der Waals surface area (Å²) in [6, 6.07) is 9.47. The monoisotopic (exact) mass is 258 g/mol. The van der Waals surface area contributed by atoms with E-state index in [1.54, 1.807) is 19.2 Å². The van der Waals surface area contributed by atoms with E-state index in [0.29, 0.717) is 24.3 Å². The van der Waals surface area contributed by atoms with E-state index in [4.69, 9.17) is 4.74 Å². The number of amides is 1. The molecule has 1 aromatic rings. The maximum Gasteiger partial charge on any atom is 0.244 e. The van der Waals surface area contributed by atoms with E-state index in [1.807, 2.05) is 12.1 Å². The van der Waals surface area contributed by atoms with E-state index >= 15 is 0 Å². The summed E-state index contributed by atoms with van der Waals surface area (Å²) in [4.78, 5) is 12.4. The molecule has 4 nitrogen and oxygen atoms in total. The molecule has 0 spiro atoms. The lowest BCUT2D eigenvalue weighted by molar-refractivity contribution is -0.124. The molecule has 1 aliphatic carbocycles. The van der Waals surface area contributed by atoms with Crippen LogP contribution in [0.25, 0.3) is 0 Å². The van der Waals surface area contributed by atoms with Crippen LogP contribution in [0, 0.1) is 16.7 Å². The zero-order valence-corrected chi connectivity index (χ0v) is 11.1. The van der Waals surface area contributed by atoms with Gasteiger partial charge in [0.1, 0.15) is 11.2 Å². The Bertz CT molecular complexity index is 499. The molecule has 0 radical (unpaired) electrons. The SMILES string of the molecule is COc1ccccc1NC(=O)C1(C#N)CCCCC1. The molecule has 0 saturated heterocycles.